The molecule has 1 amide bonds. The monoisotopic (exact) mass is 335 g/mol. The molecule has 25 heavy (non-hydrogen) atoms. The maximum atomic E-state index is 13.0. The Kier molecular flexibility index (Phi) is 4.41. The smallest absolute Gasteiger partial charge is 0.246 e. The molecule has 2 aromatic rings. The quantitative estimate of drug-likeness (QED) is 0.865. The third kappa shape index (κ3) is 3.24. The fraction of sp³-hybridized carbons (Fsp3) is 0.368. The molecule has 0 saturated carbocycles. The highest BCUT2D eigenvalue weighted by atomic mass is 16.2. The van der Waals surface area contributed by atoms with Crippen LogP contribution in [-0.2, 0) is 4.79 Å². The average Bonchev–Trinajstić information content (AvgIpc) is 3.19. The van der Waals surface area contributed by atoms with Crippen molar-refractivity contribution in [2.45, 2.75) is 25.3 Å². The van der Waals surface area contributed by atoms with E-state index in [4.69, 9.17) is 0 Å². The number of hydrogen-bond acceptors (Lipinski definition) is 5. The summed E-state index contributed by atoms with van der Waals surface area (Å²) in [4.78, 5) is 15.2. The second-order valence-corrected chi connectivity index (χ2v) is 6.49. The van der Waals surface area contributed by atoms with Gasteiger partial charge in [0, 0.05) is 37.8 Å². The van der Waals surface area contributed by atoms with Crippen LogP contribution in [0.4, 0.5) is 5.82 Å². The van der Waals surface area contributed by atoms with Crippen LogP contribution < -0.4 is 4.90 Å². The molecule has 3 heterocycles. The van der Waals surface area contributed by atoms with Crippen molar-refractivity contribution >= 4 is 17.9 Å². The number of aromatic nitrogens is 2. The summed E-state index contributed by atoms with van der Waals surface area (Å²) in [7, 11) is 0. The molecule has 1 unspecified atom stereocenters. The standard InChI is InChI=1S/C19H21N5O/c25-19(24-17(8-12-21-24)15-5-2-1-3-6-15)16-9-13-23(14-10-16)18-7-4-11-20-22-18/h1-7,11-12,16-17H,8-10,13-14H2. The highest BCUT2D eigenvalue weighted by Gasteiger charge is 2.34. The zero-order chi connectivity index (χ0) is 17.1. The van der Waals surface area contributed by atoms with Crippen molar-refractivity contribution in [1.29, 1.82) is 0 Å². The molecule has 0 bridgehead atoms. The first-order chi connectivity index (χ1) is 12.3. The number of piperidine rings is 1. The molecule has 6 heteroatoms. The van der Waals surface area contributed by atoms with Gasteiger partial charge in [0.1, 0.15) is 0 Å². The second-order valence-electron chi connectivity index (χ2n) is 6.49. The molecule has 1 atom stereocenters. The Bertz CT molecular complexity index is 741. The van der Waals surface area contributed by atoms with Crippen LogP contribution in [0.3, 0.4) is 0 Å². The van der Waals surface area contributed by atoms with E-state index in [-0.39, 0.29) is 17.9 Å². The van der Waals surface area contributed by atoms with E-state index in [1.165, 1.54) is 0 Å². The van der Waals surface area contributed by atoms with E-state index >= 15 is 0 Å². The van der Waals surface area contributed by atoms with Crippen LogP contribution >= 0.6 is 0 Å². The Hall–Kier alpha value is -2.76. The average molecular weight is 335 g/mol. The Balaban J connectivity index is 1.41. The fourth-order valence-corrected chi connectivity index (χ4v) is 3.58. The summed E-state index contributed by atoms with van der Waals surface area (Å²) < 4.78 is 0. The van der Waals surface area contributed by atoms with Gasteiger partial charge in [0.05, 0.1) is 6.04 Å². The Morgan fingerprint density at radius 2 is 1.84 bits per heavy atom. The second kappa shape index (κ2) is 7.01. The van der Waals surface area contributed by atoms with Gasteiger partial charge in [0.2, 0.25) is 5.91 Å². The molecule has 1 aromatic heterocycles. The van der Waals surface area contributed by atoms with Crippen LogP contribution in [0.1, 0.15) is 30.9 Å². The van der Waals surface area contributed by atoms with E-state index in [2.05, 4.69) is 32.3 Å². The topological polar surface area (TPSA) is 61.7 Å². The highest BCUT2D eigenvalue weighted by molar-refractivity contribution is 5.82. The largest absolute Gasteiger partial charge is 0.355 e. The summed E-state index contributed by atoms with van der Waals surface area (Å²) in [5.41, 5.74) is 1.14. The fourth-order valence-electron chi connectivity index (χ4n) is 3.58. The van der Waals surface area contributed by atoms with Crippen LogP contribution in [-0.4, -0.2) is 40.4 Å². The van der Waals surface area contributed by atoms with Gasteiger partial charge in [-0.05, 0) is 30.5 Å². The molecule has 0 aliphatic carbocycles. The Morgan fingerprint density at radius 1 is 1.04 bits per heavy atom. The van der Waals surface area contributed by atoms with Crippen LogP contribution in [0.2, 0.25) is 0 Å². The number of anilines is 1. The molecule has 1 saturated heterocycles. The normalized spacial score (nSPS) is 20.9. The van der Waals surface area contributed by atoms with Crippen LogP contribution in [0.25, 0.3) is 0 Å². The maximum absolute atomic E-state index is 13.0. The minimum atomic E-state index is 0.0226. The highest BCUT2D eigenvalue weighted by Crippen LogP contribution is 2.32. The van der Waals surface area contributed by atoms with Crippen molar-refractivity contribution in [3.8, 4) is 0 Å². The number of amides is 1. The number of carbonyl (C=O) groups excluding carboxylic acids is 1. The maximum Gasteiger partial charge on any atom is 0.246 e. The molecule has 1 fully saturated rings. The summed E-state index contributed by atoms with van der Waals surface area (Å²) in [5.74, 6) is 1.05. The van der Waals surface area contributed by atoms with Gasteiger partial charge < -0.3 is 4.90 Å². The van der Waals surface area contributed by atoms with Crippen LogP contribution in [0.5, 0.6) is 0 Å². The molecule has 2 aliphatic heterocycles. The van der Waals surface area contributed by atoms with Crippen molar-refractivity contribution in [3.63, 3.8) is 0 Å². The zero-order valence-corrected chi connectivity index (χ0v) is 14.0. The predicted molar refractivity (Wildman–Crippen MR) is 96.1 cm³/mol. The first kappa shape index (κ1) is 15.7. The lowest BCUT2D eigenvalue weighted by Gasteiger charge is -2.34. The van der Waals surface area contributed by atoms with E-state index in [1.54, 1.807) is 11.2 Å². The molecule has 4 rings (SSSR count). The number of hydrogen-bond donors (Lipinski definition) is 0. The molecule has 0 N–H and O–H groups in total. The van der Waals surface area contributed by atoms with Gasteiger partial charge in [-0.2, -0.15) is 10.2 Å². The SMILES string of the molecule is O=C(C1CCN(c2cccnn2)CC1)N1N=CCC1c1ccccc1. The van der Waals surface area contributed by atoms with Gasteiger partial charge in [-0.15, -0.1) is 5.10 Å². The lowest BCUT2D eigenvalue weighted by Crippen LogP contribution is -2.41. The van der Waals surface area contributed by atoms with Gasteiger partial charge in [0.25, 0.3) is 0 Å². The third-order valence-corrected chi connectivity index (χ3v) is 4.97. The summed E-state index contributed by atoms with van der Waals surface area (Å²) in [6.45, 7) is 1.64. The number of carbonyl (C=O) groups is 1. The summed E-state index contributed by atoms with van der Waals surface area (Å²) >= 11 is 0. The minimum Gasteiger partial charge on any atom is -0.355 e. The third-order valence-electron chi connectivity index (χ3n) is 4.97. The number of rotatable bonds is 3. The molecule has 0 radical (unpaired) electrons. The molecule has 128 valence electrons. The van der Waals surface area contributed by atoms with Crippen LogP contribution in [0.15, 0.2) is 53.8 Å². The number of hydrazone groups is 1. The number of nitrogens with zero attached hydrogens (tertiary/aromatic N) is 5. The molecular weight excluding hydrogens is 314 g/mol. The first-order valence-electron chi connectivity index (χ1n) is 8.76. The van der Waals surface area contributed by atoms with Crippen molar-refractivity contribution in [2.75, 3.05) is 18.0 Å². The van der Waals surface area contributed by atoms with E-state index in [9.17, 15) is 4.79 Å². The van der Waals surface area contributed by atoms with Gasteiger partial charge >= 0.3 is 0 Å². The molecule has 0 spiro atoms. The summed E-state index contributed by atoms with van der Waals surface area (Å²) in [5, 5.41) is 14.2. The lowest BCUT2D eigenvalue weighted by atomic mass is 9.94. The predicted octanol–water partition coefficient (Wildman–Crippen LogP) is 2.65. The van der Waals surface area contributed by atoms with E-state index in [0.29, 0.717) is 0 Å². The molecule has 6 nitrogen and oxygen atoms in total. The van der Waals surface area contributed by atoms with Gasteiger partial charge in [-0.25, -0.2) is 5.01 Å². The van der Waals surface area contributed by atoms with Crippen molar-refractivity contribution in [1.82, 2.24) is 15.2 Å². The van der Waals surface area contributed by atoms with E-state index < -0.39 is 0 Å². The van der Waals surface area contributed by atoms with Crippen LogP contribution in [0, 0.1) is 5.92 Å². The first-order valence-corrected chi connectivity index (χ1v) is 8.76. The molecule has 1 aromatic carbocycles. The van der Waals surface area contributed by atoms with Crippen molar-refractivity contribution in [2.24, 2.45) is 11.0 Å². The van der Waals surface area contributed by atoms with Crippen molar-refractivity contribution < 1.29 is 4.79 Å². The zero-order valence-electron chi connectivity index (χ0n) is 14.0. The van der Waals surface area contributed by atoms with Crippen molar-refractivity contribution in [3.05, 3.63) is 54.2 Å². The van der Waals surface area contributed by atoms with E-state index in [0.717, 1.165) is 43.7 Å². The lowest BCUT2D eigenvalue weighted by molar-refractivity contribution is -0.138. The van der Waals surface area contributed by atoms with Gasteiger partial charge in [-0.1, -0.05) is 30.3 Å². The minimum absolute atomic E-state index is 0.0226. The summed E-state index contributed by atoms with van der Waals surface area (Å²) in [6, 6.07) is 14.0. The Labute approximate surface area is 147 Å². The van der Waals surface area contributed by atoms with E-state index in [1.807, 2.05) is 36.5 Å². The Morgan fingerprint density at radius 3 is 2.56 bits per heavy atom. The number of benzene rings is 1. The van der Waals surface area contributed by atoms with Gasteiger partial charge in [-0.3, -0.25) is 4.79 Å². The molecule has 2 aliphatic rings. The summed E-state index contributed by atoms with van der Waals surface area (Å²) in [6.07, 6.45) is 5.96. The van der Waals surface area contributed by atoms with Gasteiger partial charge in [0.15, 0.2) is 5.82 Å². The molecular formula is C19H21N5O.